The zero-order valence-corrected chi connectivity index (χ0v) is 26.7. The first-order chi connectivity index (χ1) is 23.7. The number of benzene rings is 3. The van der Waals surface area contributed by atoms with Gasteiger partial charge in [0.05, 0.1) is 25.8 Å². The standard InChI is InChI=1S/C36H33FN4O8/c1-46-31-9-7-23-15-28(31)22-4-3-5-26(14-22)48-20-33(42)39-17-21-12-25(37)16-27(13-21)49-32-10-11-41(19-30(32)40-34(23)43)35(44)29-8-6-24(18-38-29)36(45)47-2/h3-9,12-16,18,30,32H,10-11,17,19-20H2,1-2H3,(H,39,42)(H,40,43)/t30-,32-/m1/s1. The predicted molar refractivity (Wildman–Crippen MR) is 174 cm³/mol. The van der Waals surface area contributed by atoms with Gasteiger partial charge in [-0.05, 0) is 65.7 Å². The molecule has 6 bridgehead atoms. The number of pyridine rings is 1. The first kappa shape index (κ1) is 32.9. The zero-order valence-electron chi connectivity index (χ0n) is 26.7. The Labute approximate surface area is 281 Å². The van der Waals surface area contributed by atoms with Crippen molar-refractivity contribution in [2.24, 2.45) is 0 Å². The fourth-order valence-corrected chi connectivity index (χ4v) is 5.76. The number of hydrogen-bond acceptors (Lipinski definition) is 9. The van der Waals surface area contributed by atoms with Crippen molar-refractivity contribution in [1.29, 1.82) is 0 Å². The maximum absolute atomic E-state index is 14.7. The van der Waals surface area contributed by atoms with Crippen LogP contribution in [0.1, 0.15) is 43.2 Å². The number of piperidine rings is 1. The van der Waals surface area contributed by atoms with Gasteiger partial charge in [0.2, 0.25) is 0 Å². The molecule has 49 heavy (non-hydrogen) atoms. The molecule has 3 amide bonds. The molecule has 0 radical (unpaired) electrons. The smallest absolute Gasteiger partial charge is 0.339 e. The Morgan fingerprint density at radius 3 is 2.61 bits per heavy atom. The van der Waals surface area contributed by atoms with E-state index in [0.717, 1.165) is 0 Å². The average molecular weight is 669 g/mol. The molecule has 2 aliphatic heterocycles. The van der Waals surface area contributed by atoms with E-state index in [-0.39, 0.29) is 49.7 Å². The number of hydrogen-bond donors (Lipinski definition) is 2. The summed E-state index contributed by atoms with van der Waals surface area (Å²) < 4.78 is 37.0. The van der Waals surface area contributed by atoms with Gasteiger partial charge < -0.3 is 34.5 Å². The van der Waals surface area contributed by atoms with Crippen molar-refractivity contribution < 1.29 is 42.5 Å². The minimum absolute atomic E-state index is 0.0221. The van der Waals surface area contributed by atoms with Crippen molar-refractivity contribution in [3.05, 3.63) is 107 Å². The number of amides is 3. The number of halogens is 1. The van der Waals surface area contributed by atoms with Gasteiger partial charge in [-0.3, -0.25) is 19.4 Å². The Balaban J connectivity index is 1.34. The number of aromatic nitrogens is 1. The van der Waals surface area contributed by atoms with Gasteiger partial charge in [0.1, 0.15) is 34.9 Å². The molecule has 13 heteroatoms. The lowest BCUT2D eigenvalue weighted by atomic mass is 9.99. The molecule has 12 nitrogen and oxygen atoms in total. The number of methoxy groups -OCH3 is 2. The van der Waals surface area contributed by atoms with E-state index in [1.165, 1.54) is 49.6 Å². The molecule has 2 aliphatic rings. The van der Waals surface area contributed by atoms with Crippen molar-refractivity contribution in [3.8, 4) is 28.4 Å². The van der Waals surface area contributed by atoms with Crippen LogP contribution in [-0.2, 0) is 16.1 Å². The Morgan fingerprint density at radius 1 is 0.980 bits per heavy atom. The quantitative estimate of drug-likeness (QED) is 0.312. The molecule has 3 heterocycles. The molecule has 1 saturated heterocycles. The van der Waals surface area contributed by atoms with Crippen LogP contribution in [0.15, 0.2) is 79.0 Å². The first-order valence-electron chi connectivity index (χ1n) is 15.5. The highest BCUT2D eigenvalue weighted by atomic mass is 19.1. The van der Waals surface area contributed by atoms with Crippen molar-refractivity contribution >= 4 is 23.7 Å². The van der Waals surface area contributed by atoms with Crippen LogP contribution >= 0.6 is 0 Å². The van der Waals surface area contributed by atoms with E-state index < -0.39 is 41.7 Å². The van der Waals surface area contributed by atoms with Gasteiger partial charge in [0.25, 0.3) is 17.7 Å². The number of carbonyl (C=O) groups is 4. The van der Waals surface area contributed by atoms with E-state index in [4.69, 9.17) is 18.9 Å². The summed E-state index contributed by atoms with van der Waals surface area (Å²) in [5.41, 5.74) is 2.39. The van der Waals surface area contributed by atoms with Crippen LogP contribution in [0, 0.1) is 5.82 Å². The number of fused-ring (bicyclic) bond motifs is 8. The molecule has 0 saturated carbocycles. The SMILES string of the molecule is COC(=O)c1ccc(C(=O)N2CC[C@H]3Oc4cc(F)cc(c4)CNC(=O)COc4cccc(c4)-c4cc(ccc4OC)C(=O)N[C@@H]3C2)nc1. The summed E-state index contributed by atoms with van der Waals surface area (Å²) in [6.07, 6.45) is 0.900. The molecule has 2 atom stereocenters. The third-order valence-corrected chi connectivity index (χ3v) is 8.24. The number of nitrogens with one attached hydrogen (secondary N) is 2. The summed E-state index contributed by atoms with van der Waals surface area (Å²) in [7, 11) is 2.78. The minimum atomic E-state index is -0.727. The number of likely N-dealkylation sites (tertiary alicyclic amines) is 1. The first-order valence-corrected chi connectivity index (χ1v) is 15.5. The molecule has 1 aromatic heterocycles. The molecule has 0 unspecified atom stereocenters. The monoisotopic (exact) mass is 668 g/mol. The summed E-state index contributed by atoms with van der Waals surface area (Å²) in [4.78, 5) is 57.5. The number of rotatable bonds is 3. The van der Waals surface area contributed by atoms with Crippen LogP contribution in [0.5, 0.6) is 17.2 Å². The van der Waals surface area contributed by atoms with Crippen molar-refractivity contribution in [2.45, 2.75) is 25.1 Å². The zero-order chi connectivity index (χ0) is 34.5. The highest BCUT2D eigenvalue weighted by Crippen LogP contribution is 2.33. The topological polar surface area (TPSA) is 145 Å². The Bertz CT molecular complexity index is 1900. The lowest BCUT2D eigenvalue weighted by Gasteiger charge is -2.38. The van der Waals surface area contributed by atoms with Crippen LogP contribution in [0.2, 0.25) is 0 Å². The number of carbonyl (C=O) groups excluding carboxylic acids is 4. The molecular formula is C36H33FN4O8. The lowest BCUT2D eigenvalue weighted by Crippen LogP contribution is -2.58. The summed E-state index contributed by atoms with van der Waals surface area (Å²) in [6, 6.07) is 18.3. The fraction of sp³-hybridized carbons (Fsp3) is 0.250. The highest BCUT2D eigenvalue weighted by molar-refractivity contribution is 5.97. The van der Waals surface area contributed by atoms with Gasteiger partial charge in [-0.15, -0.1) is 0 Å². The van der Waals surface area contributed by atoms with E-state index >= 15 is 0 Å². The molecule has 2 N–H and O–H groups in total. The third kappa shape index (κ3) is 7.61. The normalized spacial score (nSPS) is 17.7. The molecular weight excluding hydrogens is 635 g/mol. The Hall–Kier alpha value is -5.98. The average Bonchev–Trinajstić information content (AvgIpc) is 3.12. The van der Waals surface area contributed by atoms with E-state index in [0.29, 0.717) is 33.8 Å². The van der Waals surface area contributed by atoms with Crippen LogP contribution in [-0.4, -0.2) is 79.6 Å². The van der Waals surface area contributed by atoms with Crippen molar-refractivity contribution in [1.82, 2.24) is 20.5 Å². The minimum Gasteiger partial charge on any atom is -0.496 e. The maximum atomic E-state index is 14.7. The van der Waals surface area contributed by atoms with Crippen LogP contribution in [0.4, 0.5) is 4.39 Å². The molecule has 0 spiro atoms. The van der Waals surface area contributed by atoms with E-state index in [9.17, 15) is 23.6 Å². The molecule has 3 aromatic carbocycles. The van der Waals surface area contributed by atoms with Crippen LogP contribution in [0.25, 0.3) is 11.1 Å². The van der Waals surface area contributed by atoms with E-state index in [2.05, 4.69) is 15.6 Å². The van der Waals surface area contributed by atoms with Crippen molar-refractivity contribution in [2.75, 3.05) is 33.9 Å². The predicted octanol–water partition coefficient (Wildman–Crippen LogP) is 3.78. The van der Waals surface area contributed by atoms with Gasteiger partial charge in [-0.1, -0.05) is 12.1 Å². The van der Waals surface area contributed by atoms with Crippen LogP contribution in [0.3, 0.4) is 0 Å². The summed E-state index contributed by atoms with van der Waals surface area (Å²) in [6.45, 7) is 0.0494. The molecule has 6 rings (SSSR count). The molecule has 1 fully saturated rings. The largest absolute Gasteiger partial charge is 0.496 e. The Kier molecular flexibility index (Phi) is 9.69. The number of nitrogens with zero attached hydrogens (tertiary/aromatic N) is 2. The summed E-state index contributed by atoms with van der Waals surface area (Å²) >= 11 is 0. The van der Waals surface area contributed by atoms with Gasteiger partial charge in [-0.2, -0.15) is 0 Å². The molecule has 252 valence electrons. The van der Waals surface area contributed by atoms with Gasteiger partial charge >= 0.3 is 5.97 Å². The van der Waals surface area contributed by atoms with E-state index in [1.54, 1.807) is 42.5 Å². The maximum Gasteiger partial charge on any atom is 0.339 e. The Morgan fingerprint density at radius 2 is 1.84 bits per heavy atom. The second kappa shape index (κ2) is 14.4. The fourth-order valence-electron chi connectivity index (χ4n) is 5.76. The van der Waals surface area contributed by atoms with E-state index in [1.807, 2.05) is 6.07 Å². The molecule has 4 aromatic rings. The summed E-state index contributed by atoms with van der Waals surface area (Å²) in [5.74, 6) is -1.25. The van der Waals surface area contributed by atoms with Gasteiger partial charge in [0.15, 0.2) is 6.61 Å². The second-order valence-corrected chi connectivity index (χ2v) is 11.5. The van der Waals surface area contributed by atoms with Crippen LogP contribution < -0.4 is 24.8 Å². The van der Waals surface area contributed by atoms with Gasteiger partial charge in [0, 0.05) is 49.4 Å². The number of esters is 1. The van der Waals surface area contributed by atoms with Gasteiger partial charge in [-0.25, -0.2) is 9.18 Å². The summed E-state index contributed by atoms with van der Waals surface area (Å²) in [5, 5.41) is 5.76. The number of ether oxygens (including phenoxy) is 4. The molecule has 0 aliphatic carbocycles. The third-order valence-electron chi connectivity index (χ3n) is 8.24. The second-order valence-electron chi connectivity index (χ2n) is 11.5. The lowest BCUT2D eigenvalue weighted by molar-refractivity contribution is -0.123. The highest BCUT2D eigenvalue weighted by Gasteiger charge is 2.35. The van der Waals surface area contributed by atoms with Crippen molar-refractivity contribution in [3.63, 3.8) is 0 Å².